The molecule has 1 aliphatic heterocycles. The van der Waals surface area contributed by atoms with E-state index in [9.17, 15) is 26.4 Å². The summed E-state index contributed by atoms with van der Waals surface area (Å²) in [5.41, 5.74) is -0.971. The average Bonchev–Trinajstić information content (AvgIpc) is 2.57. The van der Waals surface area contributed by atoms with E-state index in [1.54, 1.807) is 4.90 Å². The van der Waals surface area contributed by atoms with E-state index in [0.29, 0.717) is 13.1 Å². The zero-order chi connectivity index (χ0) is 20.2. The van der Waals surface area contributed by atoms with Crippen molar-refractivity contribution >= 4 is 21.6 Å². The number of hydrogen-bond donors (Lipinski definition) is 0. The van der Waals surface area contributed by atoms with Gasteiger partial charge in [-0.2, -0.15) is 13.2 Å². The second-order valence-electron chi connectivity index (χ2n) is 6.67. The topological polar surface area (TPSA) is 60.9 Å². The molecule has 0 N–H and O–H groups in total. The molecule has 0 aliphatic carbocycles. The van der Waals surface area contributed by atoms with Gasteiger partial charge in [0.05, 0.1) is 17.5 Å². The summed E-state index contributed by atoms with van der Waals surface area (Å²) in [6, 6.07) is 4.19. The third-order valence-electron chi connectivity index (χ3n) is 4.47. The highest BCUT2D eigenvalue weighted by Crippen LogP contribution is 2.32. The molecule has 6 nitrogen and oxygen atoms in total. The Bertz CT molecular complexity index is 760. The number of carbonyl (C=O) groups is 1. The molecule has 1 fully saturated rings. The first kappa shape index (κ1) is 21.5. The summed E-state index contributed by atoms with van der Waals surface area (Å²) in [6.07, 6.45) is -3.24. The molecule has 27 heavy (non-hydrogen) atoms. The fourth-order valence-electron chi connectivity index (χ4n) is 2.91. The van der Waals surface area contributed by atoms with Crippen LogP contribution in [-0.2, 0) is 21.0 Å². The second kappa shape index (κ2) is 8.47. The monoisotopic (exact) mass is 407 g/mol. The summed E-state index contributed by atoms with van der Waals surface area (Å²) in [5.74, 6) is -0.0689. The minimum absolute atomic E-state index is 0.0559. The minimum Gasteiger partial charge on any atom is -0.340 e. The highest BCUT2D eigenvalue weighted by Gasteiger charge is 2.31. The summed E-state index contributed by atoms with van der Waals surface area (Å²) in [6.45, 7) is 2.76. The summed E-state index contributed by atoms with van der Waals surface area (Å²) < 4.78 is 63.7. The third-order valence-corrected chi connectivity index (χ3v) is 5.66. The predicted molar refractivity (Wildman–Crippen MR) is 96.9 cm³/mol. The SMILES string of the molecule is CN1CCN(C(=O)CCCN(c2cccc(C(F)(F)F)c2)S(C)(=O)=O)CC1. The number of rotatable bonds is 6. The van der Waals surface area contributed by atoms with Crippen molar-refractivity contribution in [3.63, 3.8) is 0 Å². The molecule has 0 spiro atoms. The molecule has 1 amide bonds. The van der Waals surface area contributed by atoms with Gasteiger partial charge in [0.15, 0.2) is 0 Å². The summed E-state index contributed by atoms with van der Waals surface area (Å²) in [7, 11) is -1.80. The van der Waals surface area contributed by atoms with Crippen molar-refractivity contribution in [3.05, 3.63) is 29.8 Å². The molecule has 0 atom stereocenters. The Balaban J connectivity index is 2.03. The quantitative estimate of drug-likeness (QED) is 0.724. The van der Waals surface area contributed by atoms with E-state index < -0.39 is 21.8 Å². The number of halogens is 3. The van der Waals surface area contributed by atoms with Crippen LogP contribution in [0, 0.1) is 0 Å². The van der Waals surface area contributed by atoms with Crippen LogP contribution in [0.15, 0.2) is 24.3 Å². The van der Waals surface area contributed by atoms with Crippen molar-refractivity contribution in [2.24, 2.45) is 0 Å². The largest absolute Gasteiger partial charge is 0.416 e. The van der Waals surface area contributed by atoms with Crippen LogP contribution in [0.5, 0.6) is 0 Å². The van der Waals surface area contributed by atoms with Crippen LogP contribution in [0.25, 0.3) is 0 Å². The minimum atomic E-state index is -4.56. The Kier molecular flexibility index (Phi) is 6.74. The highest BCUT2D eigenvalue weighted by molar-refractivity contribution is 7.92. The van der Waals surface area contributed by atoms with Crippen molar-refractivity contribution < 1.29 is 26.4 Å². The Labute approximate surface area is 157 Å². The molecule has 1 aromatic rings. The van der Waals surface area contributed by atoms with Crippen LogP contribution in [0.1, 0.15) is 18.4 Å². The second-order valence-corrected chi connectivity index (χ2v) is 8.58. The van der Waals surface area contributed by atoms with Crippen molar-refractivity contribution in [1.29, 1.82) is 0 Å². The molecule has 152 valence electrons. The highest BCUT2D eigenvalue weighted by atomic mass is 32.2. The fourth-order valence-corrected chi connectivity index (χ4v) is 3.87. The molecule has 0 aromatic heterocycles. The van der Waals surface area contributed by atoms with Gasteiger partial charge in [0.2, 0.25) is 15.9 Å². The number of nitrogens with zero attached hydrogens (tertiary/aromatic N) is 3. The Morgan fingerprint density at radius 3 is 2.37 bits per heavy atom. The van der Waals surface area contributed by atoms with Crippen molar-refractivity contribution in [3.8, 4) is 0 Å². The lowest BCUT2D eigenvalue weighted by molar-refractivity contribution is -0.137. The van der Waals surface area contributed by atoms with Gasteiger partial charge >= 0.3 is 6.18 Å². The molecule has 1 aliphatic rings. The lowest BCUT2D eigenvalue weighted by Gasteiger charge is -2.32. The van der Waals surface area contributed by atoms with Gasteiger partial charge in [-0.05, 0) is 31.7 Å². The lowest BCUT2D eigenvalue weighted by atomic mass is 10.2. The summed E-state index contributed by atoms with van der Waals surface area (Å²) in [4.78, 5) is 16.1. The Hall–Kier alpha value is -1.81. The molecule has 0 bridgehead atoms. The smallest absolute Gasteiger partial charge is 0.340 e. The number of hydrogen-bond acceptors (Lipinski definition) is 4. The maximum Gasteiger partial charge on any atom is 0.416 e. The van der Waals surface area contributed by atoms with Gasteiger partial charge in [-0.3, -0.25) is 9.10 Å². The summed E-state index contributed by atoms with van der Waals surface area (Å²) >= 11 is 0. The zero-order valence-corrected chi connectivity index (χ0v) is 16.2. The van der Waals surface area contributed by atoms with E-state index in [2.05, 4.69) is 4.90 Å². The van der Waals surface area contributed by atoms with Crippen LogP contribution in [0.2, 0.25) is 0 Å². The van der Waals surface area contributed by atoms with E-state index >= 15 is 0 Å². The number of benzene rings is 1. The van der Waals surface area contributed by atoms with E-state index in [4.69, 9.17) is 0 Å². The summed E-state index contributed by atoms with van der Waals surface area (Å²) in [5, 5.41) is 0. The number of sulfonamides is 1. The van der Waals surface area contributed by atoms with Crippen LogP contribution in [0.4, 0.5) is 18.9 Å². The van der Waals surface area contributed by atoms with Crippen LogP contribution >= 0.6 is 0 Å². The molecule has 1 aromatic carbocycles. The van der Waals surface area contributed by atoms with Gasteiger partial charge in [-0.15, -0.1) is 0 Å². The molecule has 2 rings (SSSR count). The number of carbonyl (C=O) groups excluding carboxylic acids is 1. The van der Waals surface area contributed by atoms with Gasteiger partial charge in [0.1, 0.15) is 0 Å². The normalized spacial score (nSPS) is 16.4. The lowest BCUT2D eigenvalue weighted by Crippen LogP contribution is -2.47. The number of piperazine rings is 1. The Morgan fingerprint density at radius 1 is 1.19 bits per heavy atom. The molecule has 1 heterocycles. The van der Waals surface area contributed by atoms with Gasteiger partial charge in [0.25, 0.3) is 0 Å². The van der Waals surface area contributed by atoms with E-state index in [0.717, 1.165) is 35.8 Å². The van der Waals surface area contributed by atoms with Crippen LogP contribution < -0.4 is 4.31 Å². The van der Waals surface area contributed by atoms with Crippen molar-refractivity contribution in [2.45, 2.75) is 19.0 Å². The number of anilines is 1. The molecule has 0 radical (unpaired) electrons. The van der Waals surface area contributed by atoms with Gasteiger partial charge in [0, 0.05) is 39.1 Å². The van der Waals surface area contributed by atoms with E-state index in [-0.39, 0.29) is 31.0 Å². The molecule has 0 unspecified atom stereocenters. The predicted octanol–water partition coefficient (Wildman–Crippen LogP) is 2.03. The molecule has 0 saturated carbocycles. The van der Waals surface area contributed by atoms with Crippen LogP contribution in [0.3, 0.4) is 0 Å². The number of alkyl halides is 3. The standard InChI is InChI=1S/C17H24F3N3O3S/c1-21-9-11-22(12-10-21)16(24)7-4-8-23(27(2,25)26)15-6-3-5-14(13-15)17(18,19)20/h3,5-6,13H,4,7-12H2,1-2H3. The fraction of sp³-hybridized carbons (Fsp3) is 0.588. The van der Waals surface area contributed by atoms with Crippen LogP contribution in [-0.4, -0.2) is 70.2 Å². The van der Waals surface area contributed by atoms with Crippen molar-refractivity contribution in [1.82, 2.24) is 9.80 Å². The molecular weight excluding hydrogens is 383 g/mol. The third kappa shape index (κ3) is 6.10. The van der Waals surface area contributed by atoms with E-state index in [1.807, 2.05) is 7.05 Å². The molecule has 10 heteroatoms. The number of amides is 1. The first-order valence-electron chi connectivity index (χ1n) is 8.60. The molecule has 1 saturated heterocycles. The Morgan fingerprint density at radius 2 is 1.81 bits per heavy atom. The van der Waals surface area contributed by atoms with Gasteiger partial charge < -0.3 is 9.80 Å². The van der Waals surface area contributed by atoms with E-state index in [1.165, 1.54) is 12.1 Å². The first-order valence-corrected chi connectivity index (χ1v) is 10.4. The zero-order valence-electron chi connectivity index (χ0n) is 15.4. The average molecular weight is 407 g/mol. The van der Waals surface area contributed by atoms with Gasteiger partial charge in [-0.25, -0.2) is 8.42 Å². The molecular formula is C17H24F3N3O3S. The number of likely N-dealkylation sites (N-methyl/N-ethyl adjacent to an activating group) is 1. The maximum absolute atomic E-state index is 12.9. The van der Waals surface area contributed by atoms with Crippen molar-refractivity contribution in [2.75, 3.05) is 50.3 Å². The first-order chi connectivity index (χ1) is 12.5. The maximum atomic E-state index is 12.9. The van der Waals surface area contributed by atoms with Gasteiger partial charge in [-0.1, -0.05) is 6.07 Å².